The summed E-state index contributed by atoms with van der Waals surface area (Å²) in [6.07, 6.45) is 5.06. The van der Waals surface area contributed by atoms with Crippen molar-refractivity contribution in [3.8, 4) is 5.75 Å². The quantitative estimate of drug-likeness (QED) is 0.861. The van der Waals surface area contributed by atoms with Crippen LogP contribution < -0.4 is 10.1 Å². The molecule has 0 unspecified atom stereocenters. The van der Waals surface area contributed by atoms with Crippen LogP contribution in [0.1, 0.15) is 26.7 Å². The largest absolute Gasteiger partial charge is 0.490 e. The highest BCUT2D eigenvalue weighted by atomic mass is 16.5. The molecule has 0 bridgehead atoms. The number of hydrogen-bond acceptors (Lipinski definition) is 2. The number of benzene rings is 1. The first-order chi connectivity index (χ1) is 9.24. The molecule has 0 atom stereocenters. The standard InChI is InChI=1S/C16H22N2O/c1-12(2)19-16-5-3-4-15-14(16)8-10-18(15)11-9-17-13-6-7-13/h3-5,8,10,12-13,17H,6-7,9,11H2,1-2H3. The molecule has 1 aliphatic carbocycles. The van der Waals surface area contributed by atoms with Crippen LogP contribution in [0.3, 0.4) is 0 Å². The van der Waals surface area contributed by atoms with E-state index in [0.29, 0.717) is 0 Å². The van der Waals surface area contributed by atoms with E-state index in [1.165, 1.54) is 23.7 Å². The third-order valence-corrected chi connectivity index (χ3v) is 3.50. The summed E-state index contributed by atoms with van der Waals surface area (Å²) < 4.78 is 8.17. The molecule has 0 amide bonds. The van der Waals surface area contributed by atoms with Gasteiger partial charge in [-0.15, -0.1) is 0 Å². The normalized spacial score (nSPS) is 15.3. The third-order valence-electron chi connectivity index (χ3n) is 3.50. The maximum atomic E-state index is 5.86. The molecule has 1 aromatic heterocycles. The van der Waals surface area contributed by atoms with Crippen LogP contribution in [0.4, 0.5) is 0 Å². The molecule has 1 N–H and O–H groups in total. The van der Waals surface area contributed by atoms with Gasteiger partial charge in [0.25, 0.3) is 0 Å². The van der Waals surface area contributed by atoms with Crippen LogP contribution >= 0.6 is 0 Å². The van der Waals surface area contributed by atoms with E-state index in [1.807, 2.05) is 0 Å². The second-order valence-electron chi connectivity index (χ2n) is 5.59. The fourth-order valence-corrected chi connectivity index (χ4v) is 2.42. The smallest absolute Gasteiger partial charge is 0.129 e. The molecule has 0 spiro atoms. The van der Waals surface area contributed by atoms with Crippen LogP contribution in [0, 0.1) is 0 Å². The molecule has 1 heterocycles. The second kappa shape index (κ2) is 5.25. The van der Waals surface area contributed by atoms with Crippen LogP contribution in [-0.4, -0.2) is 23.3 Å². The molecule has 0 radical (unpaired) electrons. The van der Waals surface area contributed by atoms with E-state index in [1.54, 1.807) is 0 Å². The molecule has 3 nitrogen and oxygen atoms in total. The van der Waals surface area contributed by atoms with Crippen molar-refractivity contribution in [1.29, 1.82) is 0 Å². The number of aromatic nitrogens is 1. The predicted molar refractivity (Wildman–Crippen MR) is 78.7 cm³/mol. The Kier molecular flexibility index (Phi) is 3.47. The van der Waals surface area contributed by atoms with Crippen molar-refractivity contribution in [1.82, 2.24) is 9.88 Å². The van der Waals surface area contributed by atoms with Crippen LogP contribution in [0.2, 0.25) is 0 Å². The molecule has 19 heavy (non-hydrogen) atoms. The SMILES string of the molecule is CC(C)Oc1cccc2c1ccn2CCNC1CC1. The van der Waals surface area contributed by atoms with Crippen LogP contribution in [-0.2, 0) is 6.54 Å². The molecular formula is C16H22N2O. The molecule has 0 aliphatic heterocycles. The number of nitrogens with one attached hydrogen (secondary N) is 1. The molecule has 2 aromatic rings. The zero-order valence-electron chi connectivity index (χ0n) is 11.7. The van der Waals surface area contributed by atoms with Gasteiger partial charge in [0.2, 0.25) is 0 Å². The summed E-state index contributed by atoms with van der Waals surface area (Å²) in [6.45, 7) is 6.19. The Labute approximate surface area is 114 Å². The van der Waals surface area contributed by atoms with Gasteiger partial charge in [-0.25, -0.2) is 0 Å². The first kappa shape index (κ1) is 12.5. The zero-order valence-corrected chi connectivity index (χ0v) is 11.7. The number of ether oxygens (including phenoxy) is 1. The molecule has 102 valence electrons. The fraction of sp³-hybridized carbons (Fsp3) is 0.500. The van der Waals surface area contributed by atoms with E-state index in [4.69, 9.17) is 4.74 Å². The van der Waals surface area contributed by atoms with Crippen molar-refractivity contribution >= 4 is 10.9 Å². The summed E-state index contributed by atoms with van der Waals surface area (Å²) in [5, 5.41) is 4.77. The lowest BCUT2D eigenvalue weighted by Gasteiger charge is -2.11. The van der Waals surface area contributed by atoms with Crippen LogP contribution in [0.15, 0.2) is 30.5 Å². The maximum Gasteiger partial charge on any atom is 0.129 e. The molecule has 1 fully saturated rings. The Balaban J connectivity index is 1.77. The van der Waals surface area contributed by atoms with E-state index in [0.717, 1.165) is 24.9 Å². The Morgan fingerprint density at radius 1 is 1.32 bits per heavy atom. The van der Waals surface area contributed by atoms with Gasteiger partial charge >= 0.3 is 0 Å². The molecule has 0 saturated heterocycles. The summed E-state index contributed by atoms with van der Waals surface area (Å²) in [5.74, 6) is 0.987. The Bertz CT molecular complexity index is 555. The fourth-order valence-electron chi connectivity index (χ4n) is 2.42. The Morgan fingerprint density at radius 2 is 2.16 bits per heavy atom. The summed E-state index contributed by atoms with van der Waals surface area (Å²) in [5.41, 5.74) is 1.26. The predicted octanol–water partition coefficient (Wildman–Crippen LogP) is 3.18. The van der Waals surface area contributed by atoms with Crippen molar-refractivity contribution in [2.24, 2.45) is 0 Å². The number of rotatable bonds is 6. The van der Waals surface area contributed by atoms with Gasteiger partial charge in [0, 0.05) is 30.7 Å². The van der Waals surface area contributed by atoms with Crippen molar-refractivity contribution in [3.05, 3.63) is 30.5 Å². The minimum absolute atomic E-state index is 0.213. The molecule has 1 aromatic carbocycles. The van der Waals surface area contributed by atoms with Crippen LogP contribution in [0.25, 0.3) is 10.9 Å². The van der Waals surface area contributed by atoms with Gasteiger partial charge in [0.1, 0.15) is 5.75 Å². The number of hydrogen-bond donors (Lipinski definition) is 1. The molecule has 1 saturated carbocycles. The minimum Gasteiger partial charge on any atom is -0.490 e. The van der Waals surface area contributed by atoms with Crippen molar-refractivity contribution in [2.75, 3.05) is 6.54 Å². The van der Waals surface area contributed by atoms with Gasteiger partial charge in [-0.05, 0) is 44.9 Å². The molecule has 1 aliphatic rings. The third kappa shape index (κ3) is 2.92. The van der Waals surface area contributed by atoms with Gasteiger partial charge in [-0.2, -0.15) is 0 Å². The molecule has 3 heteroatoms. The van der Waals surface area contributed by atoms with Crippen molar-refractivity contribution < 1.29 is 4.74 Å². The lowest BCUT2D eigenvalue weighted by Crippen LogP contribution is -2.21. The van der Waals surface area contributed by atoms with Gasteiger partial charge in [-0.1, -0.05) is 6.07 Å². The molecular weight excluding hydrogens is 236 g/mol. The number of fused-ring (bicyclic) bond motifs is 1. The van der Waals surface area contributed by atoms with E-state index in [2.05, 4.69) is 54.2 Å². The summed E-state index contributed by atoms with van der Waals surface area (Å²) in [7, 11) is 0. The Morgan fingerprint density at radius 3 is 2.89 bits per heavy atom. The van der Waals surface area contributed by atoms with Gasteiger partial charge in [-0.3, -0.25) is 0 Å². The average Bonchev–Trinajstić information content (AvgIpc) is 3.10. The van der Waals surface area contributed by atoms with Crippen molar-refractivity contribution in [2.45, 2.75) is 45.4 Å². The average molecular weight is 258 g/mol. The highest BCUT2D eigenvalue weighted by Crippen LogP contribution is 2.27. The van der Waals surface area contributed by atoms with E-state index < -0.39 is 0 Å². The maximum absolute atomic E-state index is 5.86. The van der Waals surface area contributed by atoms with Gasteiger partial charge < -0.3 is 14.6 Å². The van der Waals surface area contributed by atoms with Crippen LogP contribution in [0.5, 0.6) is 5.75 Å². The highest BCUT2D eigenvalue weighted by molar-refractivity contribution is 5.86. The minimum atomic E-state index is 0.213. The van der Waals surface area contributed by atoms with E-state index in [-0.39, 0.29) is 6.10 Å². The summed E-state index contributed by atoms with van der Waals surface area (Å²) in [6, 6.07) is 9.23. The lowest BCUT2D eigenvalue weighted by molar-refractivity contribution is 0.245. The first-order valence-electron chi connectivity index (χ1n) is 7.22. The monoisotopic (exact) mass is 258 g/mol. The second-order valence-corrected chi connectivity index (χ2v) is 5.59. The van der Waals surface area contributed by atoms with Crippen molar-refractivity contribution in [3.63, 3.8) is 0 Å². The number of nitrogens with zero attached hydrogens (tertiary/aromatic N) is 1. The van der Waals surface area contributed by atoms with E-state index >= 15 is 0 Å². The highest BCUT2D eigenvalue weighted by Gasteiger charge is 2.19. The molecule has 3 rings (SSSR count). The van der Waals surface area contributed by atoms with Gasteiger partial charge in [0.05, 0.1) is 11.6 Å². The summed E-state index contributed by atoms with van der Waals surface area (Å²) in [4.78, 5) is 0. The zero-order chi connectivity index (χ0) is 13.2. The van der Waals surface area contributed by atoms with E-state index in [9.17, 15) is 0 Å². The Hall–Kier alpha value is -1.48. The summed E-state index contributed by atoms with van der Waals surface area (Å²) >= 11 is 0. The topological polar surface area (TPSA) is 26.2 Å². The van der Waals surface area contributed by atoms with Gasteiger partial charge in [0.15, 0.2) is 0 Å². The first-order valence-corrected chi connectivity index (χ1v) is 7.22. The lowest BCUT2D eigenvalue weighted by atomic mass is 10.2.